The molecule has 2 heterocycles. The SMILES string of the molecule is CNc1cc(CN(C)CC(=O)NC2CCCCC2)nc([C@@H]2CCCCN2)n1. The third-order valence-corrected chi connectivity index (χ3v) is 5.49. The number of rotatable bonds is 7. The second kappa shape index (κ2) is 9.99. The van der Waals surface area contributed by atoms with Crippen LogP contribution < -0.4 is 16.0 Å². The van der Waals surface area contributed by atoms with Gasteiger partial charge < -0.3 is 16.0 Å². The lowest BCUT2D eigenvalue weighted by atomic mass is 9.95. The molecule has 0 radical (unpaired) electrons. The van der Waals surface area contributed by atoms with E-state index < -0.39 is 0 Å². The number of anilines is 1. The van der Waals surface area contributed by atoms with Gasteiger partial charge in [-0.25, -0.2) is 9.97 Å². The molecule has 0 aromatic carbocycles. The molecule has 7 heteroatoms. The number of carbonyl (C=O) groups excluding carboxylic acids is 1. The van der Waals surface area contributed by atoms with Crippen molar-refractivity contribution in [1.29, 1.82) is 0 Å². The van der Waals surface area contributed by atoms with Crippen molar-refractivity contribution in [2.24, 2.45) is 0 Å². The molecule has 27 heavy (non-hydrogen) atoms. The smallest absolute Gasteiger partial charge is 0.234 e. The van der Waals surface area contributed by atoms with Crippen molar-refractivity contribution in [3.8, 4) is 0 Å². The molecule has 1 saturated carbocycles. The molecule has 1 aliphatic carbocycles. The molecular formula is C20H34N6O. The van der Waals surface area contributed by atoms with E-state index >= 15 is 0 Å². The first kappa shape index (κ1) is 20.0. The molecule has 1 amide bonds. The number of hydrogen-bond donors (Lipinski definition) is 3. The highest BCUT2D eigenvalue weighted by Gasteiger charge is 2.20. The maximum absolute atomic E-state index is 12.3. The Hall–Kier alpha value is -1.73. The molecule has 1 aromatic heterocycles. The van der Waals surface area contributed by atoms with Gasteiger partial charge in [0.2, 0.25) is 5.91 Å². The summed E-state index contributed by atoms with van der Waals surface area (Å²) in [6.07, 6.45) is 9.49. The van der Waals surface area contributed by atoms with E-state index in [1.165, 1.54) is 32.1 Å². The van der Waals surface area contributed by atoms with Crippen molar-refractivity contribution in [3.63, 3.8) is 0 Å². The molecule has 1 aliphatic heterocycles. The Morgan fingerprint density at radius 1 is 1.19 bits per heavy atom. The van der Waals surface area contributed by atoms with Crippen molar-refractivity contribution in [3.05, 3.63) is 17.6 Å². The zero-order valence-corrected chi connectivity index (χ0v) is 16.8. The Bertz CT molecular complexity index is 610. The van der Waals surface area contributed by atoms with Crippen molar-refractivity contribution in [1.82, 2.24) is 25.5 Å². The fourth-order valence-electron chi connectivity index (χ4n) is 4.05. The van der Waals surface area contributed by atoms with E-state index in [1.54, 1.807) is 0 Å². The second-order valence-electron chi connectivity index (χ2n) is 7.93. The predicted molar refractivity (Wildman–Crippen MR) is 108 cm³/mol. The lowest BCUT2D eigenvalue weighted by molar-refractivity contribution is -0.123. The first-order chi connectivity index (χ1) is 13.1. The van der Waals surface area contributed by atoms with Gasteiger partial charge >= 0.3 is 0 Å². The summed E-state index contributed by atoms with van der Waals surface area (Å²) in [5.41, 5.74) is 0.949. The summed E-state index contributed by atoms with van der Waals surface area (Å²) in [5.74, 6) is 1.81. The summed E-state index contributed by atoms with van der Waals surface area (Å²) in [5, 5.41) is 9.84. The van der Waals surface area contributed by atoms with Crippen LogP contribution in [0.5, 0.6) is 0 Å². The van der Waals surface area contributed by atoms with Crippen molar-refractivity contribution in [2.75, 3.05) is 32.5 Å². The summed E-state index contributed by atoms with van der Waals surface area (Å²) < 4.78 is 0. The molecule has 1 atom stereocenters. The number of aromatic nitrogens is 2. The average molecular weight is 375 g/mol. The monoisotopic (exact) mass is 374 g/mol. The van der Waals surface area contributed by atoms with Crippen LogP contribution in [0.2, 0.25) is 0 Å². The van der Waals surface area contributed by atoms with Gasteiger partial charge in [0.05, 0.1) is 18.3 Å². The van der Waals surface area contributed by atoms with E-state index in [4.69, 9.17) is 4.98 Å². The van der Waals surface area contributed by atoms with Crippen LogP contribution in [0.3, 0.4) is 0 Å². The number of nitrogens with one attached hydrogen (secondary N) is 3. The molecule has 2 aliphatic rings. The Kier molecular flexibility index (Phi) is 7.41. The normalized spacial score (nSPS) is 21.2. The second-order valence-corrected chi connectivity index (χ2v) is 7.93. The van der Waals surface area contributed by atoms with Crippen LogP contribution in [0.1, 0.15) is 68.9 Å². The lowest BCUT2D eigenvalue weighted by Crippen LogP contribution is -2.41. The number of amides is 1. The molecule has 0 bridgehead atoms. The summed E-state index contributed by atoms with van der Waals surface area (Å²) in [7, 11) is 3.85. The first-order valence-corrected chi connectivity index (χ1v) is 10.4. The molecule has 0 unspecified atom stereocenters. The van der Waals surface area contributed by atoms with Gasteiger partial charge in [-0.05, 0) is 39.3 Å². The fraction of sp³-hybridized carbons (Fsp3) is 0.750. The third kappa shape index (κ3) is 6.14. The topological polar surface area (TPSA) is 82.2 Å². The minimum atomic E-state index is 0.112. The Labute approximate surface area is 162 Å². The fourth-order valence-corrected chi connectivity index (χ4v) is 4.05. The van der Waals surface area contributed by atoms with Gasteiger partial charge in [-0.3, -0.25) is 9.69 Å². The number of carbonyl (C=O) groups is 1. The molecule has 0 spiro atoms. The van der Waals surface area contributed by atoms with E-state index in [0.717, 1.165) is 43.1 Å². The predicted octanol–water partition coefficient (Wildman–Crippen LogP) is 2.21. The standard InChI is InChI=1S/C20H34N6O/c1-21-18-12-16(24-20(25-18)17-10-6-7-11-22-17)13-26(2)14-19(27)23-15-8-4-3-5-9-15/h12,15,17,22H,3-11,13-14H2,1-2H3,(H,23,27)(H,21,24,25)/t17-/m0/s1. The summed E-state index contributed by atoms with van der Waals surface area (Å²) in [4.78, 5) is 23.8. The Morgan fingerprint density at radius 2 is 1.96 bits per heavy atom. The highest BCUT2D eigenvalue weighted by molar-refractivity contribution is 5.78. The van der Waals surface area contributed by atoms with Crippen LogP contribution in [-0.4, -0.2) is 54.0 Å². The maximum Gasteiger partial charge on any atom is 0.234 e. The average Bonchev–Trinajstić information content (AvgIpc) is 2.69. The van der Waals surface area contributed by atoms with Crippen molar-refractivity contribution >= 4 is 11.7 Å². The van der Waals surface area contributed by atoms with Crippen LogP contribution in [0.4, 0.5) is 5.82 Å². The maximum atomic E-state index is 12.3. The van der Waals surface area contributed by atoms with E-state index in [1.807, 2.05) is 25.1 Å². The highest BCUT2D eigenvalue weighted by atomic mass is 16.2. The number of likely N-dealkylation sites (N-methyl/N-ethyl adjacent to an activating group) is 1. The van der Waals surface area contributed by atoms with E-state index in [9.17, 15) is 4.79 Å². The molecular weight excluding hydrogens is 340 g/mol. The van der Waals surface area contributed by atoms with Crippen LogP contribution in [0.25, 0.3) is 0 Å². The summed E-state index contributed by atoms with van der Waals surface area (Å²) in [6.45, 7) is 2.05. The lowest BCUT2D eigenvalue weighted by Gasteiger charge is -2.25. The summed E-state index contributed by atoms with van der Waals surface area (Å²) >= 11 is 0. The number of piperidine rings is 1. The molecule has 1 saturated heterocycles. The molecule has 7 nitrogen and oxygen atoms in total. The van der Waals surface area contributed by atoms with Gasteiger partial charge in [0.1, 0.15) is 11.6 Å². The number of hydrogen-bond acceptors (Lipinski definition) is 6. The summed E-state index contributed by atoms with van der Waals surface area (Å²) in [6, 6.07) is 2.56. The van der Waals surface area contributed by atoms with Crippen LogP contribution in [-0.2, 0) is 11.3 Å². The largest absolute Gasteiger partial charge is 0.373 e. The van der Waals surface area contributed by atoms with E-state index in [2.05, 4.69) is 20.9 Å². The molecule has 1 aromatic rings. The van der Waals surface area contributed by atoms with E-state index in [-0.39, 0.29) is 11.9 Å². The van der Waals surface area contributed by atoms with Gasteiger partial charge in [0.25, 0.3) is 0 Å². The first-order valence-electron chi connectivity index (χ1n) is 10.4. The minimum absolute atomic E-state index is 0.112. The van der Waals surface area contributed by atoms with Crippen LogP contribution in [0.15, 0.2) is 6.07 Å². The zero-order chi connectivity index (χ0) is 19.1. The van der Waals surface area contributed by atoms with Gasteiger partial charge in [0.15, 0.2) is 0 Å². The number of nitrogens with zero attached hydrogens (tertiary/aromatic N) is 3. The van der Waals surface area contributed by atoms with E-state index in [0.29, 0.717) is 19.1 Å². The molecule has 150 valence electrons. The molecule has 2 fully saturated rings. The van der Waals surface area contributed by atoms with Crippen molar-refractivity contribution < 1.29 is 4.79 Å². The van der Waals surface area contributed by atoms with Gasteiger partial charge in [0, 0.05) is 25.7 Å². The third-order valence-electron chi connectivity index (χ3n) is 5.49. The minimum Gasteiger partial charge on any atom is -0.373 e. The van der Waals surface area contributed by atoms with Gasteiger partial charge in [-0.1, -0.05) is 25.7 Å². The Morgan fingerprint density at radius 3 is 2.67 bits per heavy atom. The van der Waals surface area contributed by atoms with Crippen molar-refractivity contribution in [2.45, 2.75) is 70.0 Å². The van der Waals surface area contributed by atoms with Crippen LogP contribution >= 0.6 is 0 Å². The van der Waals surface area contributed by atoms with Gasteiger partial charge in [-0.15, -0.1) is 0 Å². The molecule has 3 N–H and O–H groups in total. The van der Waals surface area contributed by atoms with Gasteiger partial charge in [-0.2, -0.15) is 0 Å². The zero-order valence-electron chi connectivity index (χ0n) is 16.8. The quantitative estimate of drug-likeness (QED) is 0.679. The molecule has 3 rings (SSSR count). The highest BCUT2D eigenvalue weighted by Crippen LogP contribution is 2.22. The van der Waals surface area contributed by atoms with Crippen LogP contribution in [0, 0.1) is 0 Å². The Balaban J connectivity index is 1.57.